The summed E-state index contributed by atoms with van der Waals surface area (Å²) in [6, 6.07) is 12.3. The Labute approximate surface area is 200 Å². The van der Waals surface area contributed by atoms with Gasteiger partial charge in [-0.2, -0.15) is 0 Å². The third kappa shape index (κ3) is 6.88. The van der Waals surface area contributed by atoms with Gasteiger partial charge < -0.3 is 15.0 Å². The Kier molecular flexibility index (Phi) is 8.83. The smallest absolute Gasteiger partial charge is 0.261 e. The zero-order valence-electron chi connectivity index (χ0n) is 18.6. The lowest BCUT2D eigenvalue weighted by molar-refractivity contribution is -0.142. The van der Waals surface area contributed by atoms with Crippen LogP contribution in [0, 0.1) is 6.92 Å². The first-order valence-corrected chi connectivity index (χ1v) is 11.8. The van der Waals surface area contributed by atoms with E-state index in [9.17, 15) is 9.59 Å². The molecule has 1 N–H and O–H groups in total. The highest BCUT2D eigenvalue weighted by atomic mass is 35.5. The van der Waals surface area contributed by atoms with E-state index in [0.29, 0.717) is 15.8 Å². The topological polar surface area (TPSA) is 58.6 Å². The molecule has 1 aliphatic carbocycles. The largest absolute Gasteiger partial charge is 0.484 e. The first-order valence-electron chi connectivity index (χ1n) is 11.1. The molecule has 2 aromatic rings. The summed E-state index contributed by atoms with van der Waals surface area (Å²) in [5.41, 5.74) is 1.84. The van der Waals surface area contributed by atoms with Crippen LogP contribution < -0.4 is 10.1 Å². The molecule has 3 rings (SSSR count). The van der Waals surface area contributed by atoms with Crippen molar-refractivity contribution in [1.82, 2.24) is 10.2 Å². The molecule has 0 radical (unpaired) electrons. The Morgan fingerprint density at radius 2 is 1.84 bits per heavy atom. The molecule has 7 heteroatoms. The quantitative estimate of drug-likeness (QED) is 0.543. The van der Waals surface area contributed by atoms with E-state index in [1.54, 1.807) is 19.1 Å². The van der Waals surface area contributed by atoms with Crippen molar-refractivity contribution in [3.05, 3.63) is 63.6 Å². The van der Waals surface area contributed by atoms with Crippen LogP contribution in [0.25, 0.3) is 0 Å². The summed E-state index contributed by atoms with van der Waals surface area (Å²) < 4.78 is 5.72. The molecule has 0 spiro atoms. The maximum atomic E-state index is 13.2. The normalized spacial score (nSPS) is 15.1. The van der Waals surface area contributed by atoms with Gasteiger partial charge in [-0.25, -0.2) is 0 Å². The van der Waals surface area contributed by atoms with Crippen LogP contribution in [0.3, 0.4) is 0 Å². The molecule has 1 atom stereocenters. The van der Waals surface area contributed by atoms with Gasteiger partial charge in [0.15, 0.2) is 6.61 Å². The molecule has 0 aromatic heterocycles. The van der Waals surface area contributed by atoms with Crippen molar-refractivity contribution in [3.8, 4) is 5.75 Å². The fraction of sp³-hybridized carbons (Fsp3) is 0.440. The molecule has 0 heterocycles. The van der Waals surface area contributed by atoms with Gasteiger partial charge in [0.1, 0.15) is 11.8 Å². The zero-order chi connectivity index (χ0) is 23.1. The van der Waals surface area contributed by atoms with Crippen molar-refractivity contribution in [3.63, 3.8) is 0 Å². The lowest BCUT2D eigenvalue weighted by Crippen LogP contribution is -2.51. The van der Waals surface area contributed by atoms with E-state index in [0.717, 1.165) is 36.8 Å². The van der Waals surface area contributed by atoms with Gasteiger partial charge in [0.25, 0.3) is 5.91 Å². The Morgan fingerprint density at radius 1 is 1.09 bits per heavy atom. The van der Waals surface area contributed by atoms with Gasteiger partial charge in [-0.15, -0.1) is 0 Å². The highest BCUT2D eigenvalue weighted by Crippen LogP contribution is 2.24. The predicted octanol–water partition coefficient (Wildman–Crippen LogP) is 5.55. The third-order valence-corrected chi connectivity index (χ3v) is 6.55. The van der Waals surface area contributed by atoms with Crippen LogP contribution in [0.1, 0.15) is 50.2 Å². The van der Waals surface area contributed by atoms with Crippen LogP contribution >= 0.6 is 23.2 Å². The molecule has 0 bridgehead atoms. The van der Waals surface area contributed by atoms with Crippen LogP contribution in [0.4, 0.5) is 0 Å². The van der Waals surface area contributed by atoms with Crippen molar-refractivity contribution in [1.29, 1.82) is 0 Å². The molecule has 2 aromatic carbocycles. The van der Waals surface area contributed by atoms with Gasteiger partial charge in [-0.05, 0) is 62.1 Å². The SMILES string of the molecule is Cc1cccc(OCC(=O)N(Cc2ccc(Cl)c(Cl)c2)C(C)C(=O)NC2CCCCC2)c1. The first-order chi connectivity index (χ1) is 15.3. The molecular weight excluding hydrogens is 447 g/mol. The second-order valence-corrected chi connectivity index (χ2v) is 9.21. The van der Waals surface area contributed by atoms with E-state index in [4.69, 9.17) is 27.9 Å². The van der Waals surface area contributed by atoms with Crippen molar-refractivity contribution in [2.45, 2.75) is 64.6 Å². The van der Waals surface area contributed by atoms with Crippen molar-refractivity contribution in [2.75, 3.05) is 6.61 Å². The Hall–Kier alpha value is -2.24. The summed E-state index contributed by atoms with van der Waals surface area (Å²) in [5, 5.41) is 3.97. The Balaban J connectivity index is 1.73. The van der Waals surface area contributed by atoms with Gasteiger partial charge >= 0.3 is 0 Å². The van der Waals surface area contributed by atoms with Gasteiger partial charge in [-0.1, -0.05) is 60.7 Å². The summed E-state index contributed by atoms with van der Waals surface area (Å²) >= 11 is 12.2. The summed E-state index contributed by atoms with van der Waals surface area (Å²) in [5.74, 6) is 0.192. The number of benzene rings is 2. The van der Waals surface area contributed by atoms with E-state index in [2.05, 4.69) is 5.32 Å². The second kappa shape index (κ2) is 11.6. The van der Waals surface area contributed by atoms with Crippen LogP contribution in [-0.2, 0) is 16.1 Å². The third-order valence-electron chi connectivity index (χ3n) is 5.81. The molecule has 0 aliphatic heterocycles. The number of rotatable bonds is 8. The number of carbonyl (C=O) groups is 2. The minimum atomic E-state index is -0.653. The first kappa shape index (κ1) is 24.4. The van der Waals surface area contributed by atoms with Gasteiger partial charge in [-0.3, -0.25) is 9.59 Å². The van der Waals surface area contributed by atoms with Crippen LogP contribution in [0.15, 0.2) is 42.5 Å². The summed E-state index contributed by atoms with van der Waals surface area (Å²) in [7, 11) is 0. The van der Waals surface area contributed by atoms with Crippen LogP contribution in [0.2, 0.25) is 10.0 Å². The van der Waals surface area contributed by atoms with Crippen LogP contribution in [-0.4, -0.2) is 35.4 Å². The monoisotopic (exact) mass is 476 g/mol. The number of ether oxygens (including phenoxy) is 1. The standard InChI is InChI=1S/C25H30Cl2N2O3/c1-17-7-6-10-21(13-17)32-16-24(30)29(15-19-11-12-22(26)23(27)14-19)18(2)25(31)28-20-8-4-3-5-9-20/h6-7,10-14,18,20H,3-5,8-9,15-16H2,1-2H3,(H,28,31). The van der Waals surface area contributed by atoms with Crippen LogP contribution in [0.5, 0.6) is 5.75 Å². The Bertz CT molecular complexity index is 945. The molecule has 1 fully saturated rings. The number of hydrogen-bond acceptors (Lipinski definition) is 3. The molecule has 5 nitrogen and oxygen atoms in total. The summed E-state index contributed by atoms with van der Waals surface area (Å²) in [6.45, 7) is 3.78. The molecule has 1 aliphatic rings. The van der Waals surface area contributed by atoms with Crippen molar-refractivity contribution >= 4 is 35.0 Å². The number of nitrogens with one attached hydrogen (secondary N) is 1. The molecule has 0 saturated heterocycles. The molecule has 172 valence electrons. The van der Waals surface area contributed by atoms with E-state index in [1.165, 1.54) is 11.3 Å². The van der Waals surface area contributed by atoms with Gasteiger partial charge in [0.2, 0.25) is 5.91 Å². The predicted molar refractivity (Wildman–Crippen MR) is 128 cm³/mol. The number of nitrogens with zero attached hydrogens (tertiary/aromatic N) is 1. The number of aryl methyl sites for hydroxylation is 1. The minimum Gasteiger partial charge on any atom is -0.484 e. The molecular formula is C25H30Cl2N2O3. The van der Waals surface area contributed by atoms with E-state index in [-0.39, 0.29) is 31.0 Å². The van der Waals surface area contributed by atoms with Crippen molar-refractivity contribution in [2.24, 2.45) is 0 Å². The highest BCUT2D eigenvalue weighted by molar-refractivity contribution is 6.42. The molecule has 2 amide bonds. The minimum absolute atomic E-state index is 0.152. The molecule has 1 unspecified atom stereocenters. The van der Waals surface area contributed by atoms with E-state index in [1.807, 2.05) is 37.3 Å². The fourth-order valence-corrected chi connectivity index (χ4v) is 4.24. The van der Waals surface area contributed by atoms with Gasteiger partial charge in [0.05, 0.1) is 10.0 Å². The fourth-order valence-electron chi connectivity index (χ4n) is 3.92. The maximum Gasteiger partial charge on any atom is 0.261 e. The number of hydrogen-bond donors (Lipinski definition) is 1. The average Bonchev–Trinajstić information content (AvgIpc) is 2.78. The summed E-state index contributed by atoms with van der Waals surface area (Å²) in [4.78, 5) is 27.7. The van der Waals surface area contributed by atoms with E-state index < -0.39 is 6.04 Å². The number of halogens is 2. The highest BCUT2D eigenvalue weighted by Gasteiger charge is 2.28. The molecule has 32 heavy (non-hydrogen) atoms. The lowest BCUT2D eigenvalue weighted by Gasteiger charge is -2.31. The number of carbonyl (C=O) groups excluding carboxylic acids is 2. The summed E-state index contributed by atoms with van der Waals surface area (Å²) in [6.07, 6.45) is 5.41. The lowest BCUT2D eigenvalue weighted by atomic mass is 9.95. The maximum absolute atomic E-state index is 13.2. The van der Waals surface area contributed by atoms with Crippen molar-refractivity contribution < 1.29 is 14.3 Å². The zero-order valence-corrected chi connectivity index (χ0v) is 20.1. The Morgan fingerprint density at radius 3 is 2.53 bits per heavy atom. The second-order valence-electron chi connectivity index (χ2n) is 8.39. The average molecular weight is 477 g/mol. The van der Waals surface area contributed by atoms with E-state index >= 15 is 0 Å². The molecule has 1 saturated carbocycles. The number of amides is 2. The van der Waals surface area contributed by atoms with Gasteiger partial charge in [0, 0.05) is 12.6 Å².